The fourth-order valence-corrected chi connectivity index (χ4v) is 3.70. The Hall–Kier alpha value is -2.30. The summed E-state index contributed by atoms with van der Waals surface area (Å²) in [5.41, 5.74) is 3.87. The molecular formula is C21H19ClN2OS. The van der Waals surface area contributed by atoms with Crippen LogP contribution < -0.4 is 5.32 Å². The number of hydrogen-bond acceptors (Lipinski definition) is 3. The maximum absolute atomic E-state index is 12.6. The SMILES string of the molecule is Cc1ccc(CNC(=O)c2cccnc2SCc2ccccc2Cl)cc1. The van der Waals surface area contributed by atoms with Crippen LogP contribution in [0.2, 0.25) is 5.02 Å². The van der Waals surface area contributed by atoms with Crippen molar-refractivity contribution in [3.63, 3.8) is 0 Å². The molecule has 0 fully saturated rings. The molecule has 1 amide bonds. The summed E-state index contributed by atoms with van der Waals surface area (Å²) in [4.78, 5) is 17.0. The smallest absolute Gasteiger partial charge is 0.254 e. The Morgan fingerprint density at radius 1 is 1.08 bits per heavy atom. The minimum Gasteiger partial charge on any atom is -0.348 e. The molecule has 3 rings (SSSR count). The average Bonchev–Trinajstić information content (AvgIpc) is 2.67. The monoisotopic (exact) mass is 382 g/mol. The third-order valence-electron chi connectivity index (χ3n) is 3.91. The van der Waals surface area contributed by atoms with Crippen LogP contribution >= 0.6 is 23.4 Å². The van der Waals surface area contributed by atoms with Crippen molar-refractivity contribution < 1.29 is 4.79 Å². The van der Waals surface area contributed by atoms with Gasteiger partial charge in [-0.1, -0.05) is 59.6 Å². The van der Waals surface area contributed by atoms with Crippen molar-refractivity contribution >= 4 is 29.3 Å². The van der Waals surface area contributed by atoms with E-state index in [9.17, 15) is 4.79 Å². The summed E-state index contributed by atoms with van der Waals surface area (Å²) in [6, 6.07) is 19.4. The molecule has 0 aliphatic heterocycles. The molecule has 0 aliphatic carbocycles. The van der Waals surface area contributed by atoms with E-state index < -0.39 is 0 Å². The first kappa shape index (κ1) is 18.5. The molecule has 1 heterocycles. The maximum atomic E-state index is 12.6. The first-order valence-corrected chi connectivity index (χ1v) is 9.65. The highest BCUT2D eigenvalue weighted by Gasteiger charge is 2.13. The molecule has 0 spiro atoms. The molecule has 0 saturated carbocycles. The van der Waals surface area contributed by atoms with E-state index in [-0.39, 0.29) is 5.91 Å². The summed E-state index contributed by atoms with van der Waals surface area (Å²) in [5.74, 6) is 0.537. The normalized spacial score (nSPS) is 10.5. The number of rotatable bonds is 6. The van der Waals surface area contributed by atoms with Gasteiger partial charge in [0.2, 0.25) is 0 Å². The van der Waals surface area contributed by atoms with E-state index >= 15 is 0 Å². The lowest BCUT2D eigenvalue weighted by atomic mass is 10.1. The molecule has 5 heteroatoms. The van der Waals surface area contributed by atoms with E-state index in [0.29, 0.717) is 22.9 Å². The highest BCUT2D eigenvalue weighted by Crippen LogP contribution is 2.27. The van der Waals surface area contributed by atoms with Gasteiger partial charge in [0.05, 0.1) is 5.56 Å². The van der Waals surface area contributed by atoms with Crippen LogP contribution in [0, 0.1) is 6.92 Å². The van der Waals surface area contributed by atoms with Gasteiger partial charge in [-0.3, -0.25) is 4.79 Å². The van der Waals surface area contributed by atoms with Crippen LogP contribution in [0.15, 0.2) is 71.9 Å². The predicted octanol–water partition coefficient (Wildman–Crippen LogP) is 5.27. The van der Waals surface area contributed by atoms with Crippen LogP contribution in [0.25, 0.3) is 0 Å². The van der Waals surface area contributed by atoms with Crippen LogP contribution in [-0.2, 0) is 12.3 Å². The third kappa shape index (κ3) is 4.87. The van der Waals surface area contributed by atoms with Gasteiger partial charge in [0, 0.05) is 23.5 Å². The predicted molar refractivity (Wildman–Crippen MR) is 108 cm³/mol. The van der Waals surface area contributed by atoms with Gasteiger partial charge in [-0.15, -0.1) is 11.8 Å². The van der Waals surface area contributed by atoms with Gasteiger partial charge >= 0.3 is 0 Å². The molecule has 0 bridgehead atoms. The Bertz CT molecular complexity index is 897. The number of nitrogens with zero attached hydrogens (tertiary/aromatic N) is 1. The summed E-state index contributed by atoms with van der Waals surface area (Å²) in [6.07, 6.45) is 1.70. The number of hydrogen-bond donors (Lipinski definition) is 1. The quantitative estimate of drug-likeness (QED) is 0.591. The Balaban J connectivity index is 1.67. The van der Waals surface area contributed by atoms with Crippen LogP contribution in [0.1, 0.15) is 27.0 Å². The van der Waals surface area contributed by atoms with E-state index in [1.165, 1.54) is 17.3 Å². The van der Waals surface area contributed by atoms with Crippen molar-refractivity contribution in [2.24, 2.45) is 0 Å². The van der Waals surface area contributed by atoms with E-state index in [4.69, 9.17) is 11.6 Å². The summed E-state index contributed by atoms with van der Waals surface area (Å²) in [5, 5.41) is 4.39. The maximum Gasteiger partial charge on any atom is 0.254 e. The first-order valence-electron chi connectivity index (χ1n) is 8.28. The van der Waals surface area contributed by atoms with Gasteiger partial charge < -0.3 is 5.32 Å². The van der Waals surface area contributed by atoms with E-state index in [1.807, 2.05) is 55.5 Å². The van der Waals surface area contributed by atoms with Crippen molar-refractivity contribution in [2.45, 2.75) is 24.2 Å². The van der Waals surface area contributed by atoms with Gasteiger partial charge in [-0.25, -0.2) is 4.98 Å². The number of amides is 1. The number of nitrogens with one attached hydrogen (secondary N) is 1. The van der Waals surface area contributed by atoms with Crippen LogP contribution in [-0.4, -0.2) is 10.9 Å². The number of thioether (sulfide) groups is 1. The Morgan fingerprint density at radius 3 is 2.62 bits per heavy atom. The molecule has 1 N–H and O–H groups in total. The molecule has 0 atom stereocenters. The molecule has 0 aliphatic rings. The van der Waals surface area contributed by atoms with Gasteiger partial charge in [0.25, 0.3) is 5.91 Å². The molecule has 3 nitrogen and oxygen atoms in total. The average molecular weight is 383 g/mol. The molecule has 26 heavy (non-hydrogen) atoms. The lowest BCUT2D eigenvalue weighted by Gasteiger charge is -2.10. The highest BCUT2D eigenvalue weighted by molar-refractivity contribution is 7.98. The molecule has 132 valence electrons. The second-order valence-electron chi connectivity index (χ2n) is 5.90. The van der Waals surface area contributed by atoms with Gasteiger partial charge in [0.1, 0.15) is 5.03 Å². The number of halogens is 1. The molecule has 1 aromatic heterocycles. The van der Waals surface area contributed by atoms with Gasteiger partial charge in [-0.2, -0.15) is 0 Å². The lowest BCUT2D eigenvalue weighted by molar-refractivity contribution is 0.0947. The molecule has 0 saturated heterocycles. The number of aromatic nitrogens is 1. The summed E-state index contributed by atoms with van der Waals surface area (Å²) >= 11 is 7.72. The van der Waals surface area contributed by atoms with E-state index in [2.05, 4.69) is 10.3 Å². The fourth-order valence-electron chi connectivity index (χ4n) is 2.42. The Labute approximate surface area is 162 Å². The fraction of sp³-hybridized carbons (Fsp3) is 0.143. The van der Waals surface area contributed by atoms with E-state index in [0.717, 1.165) is 16.1 Å². The number of carbonyl (C=O) groups excluding carboxylic acids is 1. The Kier molecular flexibility index (Phi) is 6.31. The Morgan fingerprint density at radius 2 is 1.85 bits per heavy atom. The van der Waals surface area contributed by atoms with Gasteiger partial charge in [0.15, 0.2) is 0 Å². The highest BCUT2D eigenvalue weighted by atomic mass is 35.5. The largest absolute Gasteiger partial charge is 0.348 e. The number of benzene rings is 2. The lowest BCUT2D eigenvalue weighted by Crippen LogP contribution is -2.23. The topological polar surface area (TPSA) is 42.0 Å². The first-order chi connectivity index (χ1) is 12.6. The molecular weight excluding hydrogens is 364 g/mol. The van der Waals surface area contributed by atoms with Crippen LogP contribution in [0.3, 0.4) is 0 Å². The number of pyridine rings is 1. The van der Waals surface area contributed by atoms with Crippen molar-refractivity contribution in [3.05, 3.63) is 94.1 Å². The molecule has 2 aromatic carbocycles. The minimum atomic E-state index is -0.125. The van der Waals surface area contributed by atoms with Crippen molar-refractivity contribution in [1.29, 1.82) is 0 Å². The molecule has 3 aromatic rings. The minimum absolute atomic E-state index is 0.125. The van der Waals surface area contributed by atoms with E-state index in [1.54, 1.807) is 18.3 Å². The summed E-state index contributed by atoms with van der Waals surface area (Å²) in [7, 11) is 0. The van der Waals surface area contributed by atoms with Crippen LogP contribution in [0.4, 0.5) is 0 Å². The second kappa shape index (κ2) is 8.88. The van der Waals surface area contributed by atoms with Gasteiger partial charge in [-0.05, 0) is 36.2 Å². The number of aryl methyl sites for hydroxylation is 1. The van der Waals surface area contributed by atoms with Crippen molar-refractivity contribution in [2.75, 3.05) is 0 Å². The number of carbonyl (C=O) groups is 1. The molecule has 0 radical (unpaired) electrons. The van der Waals surface area contributed by atoms with Crippen molar-refractivity contribution in [1.82, 2.24) is 10.3 Å². The summed E-state index contributed by atoms with van der Waals surface area (Å²) in [6.45, 7) is 2.53. The third-order valence-corrected chi connectivity index (χ3v) is 5.33. The molecule has 0 unspecified atom stereocenters. The standard InChI is InChI=1S/C21H19ClN2OS/c1-15-8-10-16(11-9-15)13-24-20(25)18-6-4-12-23-21(18)26-14-17-5-2-3-7-19(17)22/h2-12H,13-14H2,1H3,(H,24,25). The zero-order valence-electron chi connectivity index (χ0n) is 14.4. The van der Waals surface area contributed by atoms with Crippen molar-refractivity contribution in [3.8, 4) is 0 Å². The summed E-state index contributed by atoms with van der Waals surface area (Å²) < 4.78 is 0. The second-order valence-corrected chi connectivity index (χ2v) is 7.28. The van der Waals surface area contributed by atoms with Crippen LogP contribution in [0.5, 0.6) is 0 Å². The zero-order valence-corrected chi connectivity index (χ0v) is 16.0. The zero-order chi connectivity index (χ0) is 18.4.